The van der Waals surface area contributed by atoms with Crippen molar-refractivity contribution in [2.75, 3.05) is 11.9 Å². The van der Waals surface area contributed by atoms with Crippen molar-refractivity contribution < 1.29 is 13.2 Å². The lowest BCUT2D eigenvalue weighted by Gasteiger charge is -2.28. The lowest BCUT2D eigenvalue weighted by Crippen LogP contribution is -2.39. The SMILES string of the molecule is O=C(CC1CC2CCC(C1)N2)Nc1cccc(S(=O)(=O)NC2=NCCC2)c1. The number of carbonyl (C=O) groups excluding carboxylic acids is 1. The fourth-order valence-electron chi connectivity index (χ4n) is 4.39. The van der Waals surface area contributed by atoms with Gasteiger partial charge in [-0.1, -0.05) is 6.07 Å². The number of hydrogen-bond acceptors (Lipinski definition) is 5. The van der Waals surface area contributed by atoms with Gasteiger partial charge < -0.3 is 10.6 Å². The van der Waals surface area contributed by atoms with Crippen molar-refractivity contribution in [1.82, 2.24) is 10.0 Å². The average Bonchev–Trinajstić information content (AvgIpc) is 3.24. The molecule has 3 heterocycles. The van der Waals surface area contributed by atoms with Gasteiger partial charge in [0, 0.05) is 37.2 Å². The molecule has 8 heteroatoms. The Morgan fingerprint density at radius 3 is 2.70 bits per heavy atom. The summed E-state index contributed by atoms with van der Waals surface area (Å²) in [4.78, 5) is 16.7. The third-order valence-electron chi connectivity index (χ3n) is 5.60. The van der Waals surface area contributed by atoms with Crippen molar-refractivity contribution >= 4 is 27.5 Å². The summed E-state index contributed by atoms with van der Waals surface area (Å²) in [5, 5.41) is 6.45. The van der Waals surface area contributed by atoms with Crippen molar-refractivity contribution in [2.45, 2.75) is 61.9 Å². The van der Waals surface area contributed by atoms with Gasteiger partial charge >= 0.3 is 0 Å². The highest BCUT2D eigenvalue weighted by Crippen LogP contribution is 2.32. The number of amidine groups is 1. The normalized spacial score (nSPS) is 27.3. The van der Waals surface area contributed by atoms with Gasteiger partial charge in [-0.25, -0.2) is 8.42 Å². The second-order valence-electron chi connectivity index (χ2n) is 7.79. The Balaban J connectivity index is 1.38. The first-order chi connectivity index (χ1) is 13.0. The summed E-state index contributed by atoms with van der Waals surface area (Å²) in [5.74, 6) is 0.853. The Morgan fingerprint density at radius 1 is 1.22 bits per heavy atom. The van der Waals surface area contributed by atoms with Crippen LogP contribution in [0.5, 0.6) is 0 Å². The number of sulfonamides is 1. The van der Waals surface area contributed by atoms with E-state index in [1.54, 1.807) is 12.1 Å². The summed E-state index contributed by atoms with van der Waals surface area (Å²) in [6, 6.07) is 7.50. The minimum atomic E-state index is -3.68. The fourth-order valence-corrected chi connectivity index (χ4v) is 5.53. The molecule has 0 spiro atoms. The summed E-state index contributed by atoms with van der Waals surface area (Å²) in [6.45, 7) is 0.659. The van der Waals surface area contributed by atoms with E-state index in [-0.39, 0.29) is 10.8 Å². The molecule has 146 valence electrons. The van der Waals surface area contributed by atoms with E-state index in [1.807, 2.05) is 0 Å². The molecule has 2 bridgehead atoms. The molecule has 1 amide bonds. The van der Waals surface area contributed by atoms with Gasteiger partial charge in [-0.15, -0.1) is 0 Å². The molecule has 0 radical (unpaired) electrons. The summed E-state index contributed by atoms with van der Waals surface area (Å²) < 4.78 is 27.6. The van der Waals surface area contributed by atoms with Crippen LogP contribution in [0.2, 0.25) is 0 Å². The van der Waals surface area contributed by atoms with Crippen molar-refractivity contribution in [2.24, 2.45) is 10.9 Å². The average molecular weight is 391 g/mol. The highest BCUT2D eigenvalue weighted by atomic mass is 32.2. The number of rotatable bonds is 5. The lowest BCUT2D eigenvalue weighted by molar-refractivity contribution is -0.117. The van der Waals surface area contributed by atoms with Gasteiger partial charge in [0.15, 0.2) is 0 Å². The summed E-state index contributed by atoms with van der Waals surface area (Å²) in [5.41, 5.74) is 0.508. The van der Waals surface area contributed by atoms with Crippen molar-refractivity contribution in [3.8, 4) is 0 Å². The molecular weight excluding hydrogens is 364 g/mol. The number of nitrogens with zero attached hydrogens (tertiary/aromatic N) is 1. The Kier molecular flexibility index (Phi) is 5.19. The van der Waals surface area contributed by atoms with Crippen LogP contribution >= 0.6 is 0 Å². The minimum absolute atomic E-state index is 0.0519. The molecule has 1 aromatic carbocycles. The van der Waals surface area contributed by atoms with Gasteiger partial charge in [0.25, 0.3) is 10.0 Å². The number of fused-ring (bicyclic) bond motifs is 2. The van der Waals surface area contributed by atoms with Crippen LogP contribution in [0, 0.1) is 5.92 Å². The number of piperidine rings is 1. The van der Waals surface area contributed by atoms with Crippen LogP contribution < -0.4 is 15.4 Å². The molecule has 2 unspecified atom stereocenters. The van der Waals surface area contributed by atoms with E-state index in [2.05, 4.69) is 20.3 Å². The van der Waals surface area contributed by atoms with Gasteiger partial charge in [-0.05, 0) is 56.2 Å². The number of anilines is 1. The molecule has 0 saturated carbocycles. The van der Waals surface area contributed by atoms with Crippen LogP contribution in [0.25, 0.3) is 0 Å². The zero-order chi connectivity index (χ0) is 18.9. The fraction of sp³-hybridized carbons (Fsp3) is 0.579. The van der Waals surface area contributed by atoms with E-state index in [0.29, 0.717) is 48.9 Å². The zero-order valence-corrected chi connectivity index (χ0v) is 16.1. The molecule has 0 aromatic heterocycles. The van der Waals surface area contributed by atoms with Gasteiger partial charge in [0.05, 0.1) is 4.90 Å². The van der Waals surface area contributed by atoms with E-state index < -0.39 is 10.0 Å². The van der Waals surface area contributed by atoms with E-state index in [0.717, 1.165) is 19.3 Å². The van der Waals surface area contributed by atoms with Crippen LogP contribution in [0.3, 0.4) is 0 Å². The number of carbonyl (C=O) groups is 1. The van der Waals surface area contributed by atoms with Gasteiger partial charge in [0.2, 0.25) is 5.91 Å². The molecule has 3 aliphatic heterocycles. The van der Waals surface area contributed by atoms with Crippen LogP contribution in [0.1, 0.15) is 44.9 Å². The Labute approximate surface area is 160 Å². The highest BCUT2D eigenvalue weighted by molar-refractivity contribution is 7.90. The maximum absolute atomic E-state index is 12.5. The summed E-state index contributed by atoms with van der Waals surface area (Å²) >= 11 is 0. The Hall–Kier alpha value is -1.93. The van der Waals surface area contributed by atoms with Gasteiger partial charge in [-0.2, -0.15) is 0 Å². The molecule has 0 aliphatic carbocycles. The first-order valence-electron chi connectivity index (χ1n) is 9.70. The molecule has 2 fully saturated rings. The molecule has 4 rings (SSSR count). The molecule has 2 atom stereocenters. The standard InChI is InChI=1S/C19H26N4O3S/c24-19(11-13-9-15-6-7-16(10-13)21-15)22-14-3-1-4-17(12-14)27(25,26)23-18-5-2-8-20-18/h1,3-4,12-13,15-16,21H,2,5-11H2,(H,20,23)(H,22,24). The highest BCUT2D eigenvalue weighted by Gasteiger charge is 2.34. The third-order valence-corrected chi connectivity index (χ3v) is 6.98. The molecular formula is C19H26N4O3S. The predicted octanol–water partition coefficient (Wildman–Crippen LogP) is 2.02. The number of nitrogens with one attached hydrogen (secondary N) is 3. The Morgan fingerprint density at radius 2 is 2.00 bits per heavy atom. The maximum atomic E-state index is 12.5. The van der Waals surface area contributed by atoms with Crippen LogP contribution in [0.4, 0.5) is 5.69 Å². The van der Waals surface area contributed by atoms with Crippen LogP contribution in [0.15, 0.2) is 34.2 Å². The number of benzene rings is 1. The van der Waals surface area contributed by atoms with E-state index in [9.17, 15) is 13.2 Å². The monoisotopic (exact) mass is 390 g/mol. The topological polar surface area (TPSA) is 99.7 Å². The quantitative estimate of drug-likeness (QED) is 0.716. The van der Waals surface area contributed by atoms with Gasteiger partial charge in [-0.3, -0.25) is 14.5 Å². The predicted molar refractivity (Wildman–Crippen MR) is 104 cm³/mol. The number of aliphatic imine (C=N–C) groups is 1. The molecule has 3 N–H and O–H groups in total. The van der Waals surface area contributed by atoms with E-state index in [1.165, 1.54) is 25.0 Å². The minimum Gasteiger partial charge on any atom is -0.326 e. The first-order valence-corrected chi connectivity index (χ1v) is 11.2. The van der Waals surface area contributed by atoms with E-state index in [4.69, 9.17) is 0 Å². The molecule has 27 heavy (non-hydrogen) atoms. The van der Waals surface area contributed by atoms with E-state index >= 15 is 0 Å². The van der Waals surface area contributed by atoms with Crippen molar-refractivity contribution in [1.29, 1.82) is 0 Å². The second kappa shape index (κ2) is 7.59. The molecule has 1 aromatic rings. The smallest absolute Gasteiger partial charge is 0.262 e. The molecule has 7 nitrogen and oxygen atoms in total. The zero-order valence-electron chi connectivity index (χ0n) is 15.3. The largest absolute Gasteiger partial charge is 0.326 e. The number of amides is 1. The van der Waals surface area contributed by atoms with Gasteiger partial charge in [0.1, 0.15) is 5.84 Å². The van der Waals surface area contributed by atoms with Crippen molar-refractivity contribution in [3.05, 3.63) is 24.3 Å². The Bertz CT molecular complexity index is 840. The third kappa shape index (κ3) is 4.50. The summed E-state index contributed by atoms with van der Waals surface area (Å²) in [7, 11) is -3.68. The number of hydrogen-bond donors (Lipinski definition) is 3. The van der Waals surface area contributed by atoms with Crippen LogP contribution in [-0.4, -0.2) is 38.8 Å². The molecule has 3 aliphatic rings. The lowest BCUT2D eigenvalue weighted by atomic mass is 9.89. The second-order valence-corrected chi connectivity index (χ2v) is 9.48. The van der Waals surface area contributed by atoms with Crippen LogP contribution in [-0.2, 0) is 14.8 Å². The molecule has 2 saturated heterocycles. The van der Waals surface area contributed by atoms with Crippen molar-refractivity contribution in [3.63, 3.8) is 0 Å². The maximum Gasteiger partial charge on any atom is 0.262 e. The summed E-state index contributed by atoms with van der Waals surface area (Å²) in [6.07, 6.45) is 6.51. The first kappa shape index (κ1) is 18.4.